The molecule has 1 fully saturated rings. The number of aryl methyl sites for hydroxylation is 2. The molecule has 20 heavy (non-hydrogen) atoms. The summed E-state index contributed by atoms with van der Waals surface area (Å²) in [5.74, 6) is 0.438. The topological polar surface area (TPSA) is 70.7 Å². The predicted octanol–water partition coefficient (Wildman–Crippen LogP) is 2.18. The Hall–Kier alpha value is -1.83. The van der Waals surface area contributed by atoms with Gasteiger partial charge in [0.25, 0.3) is 5.91 Å². The van der Waals surface area contributed by atoms with Crippen LogP contribution in [-0.2, 0) is 13.5 Å². The molecule has 1 aliphatic carbocycles. The van der Waals surface area contributed by atoms with Crippen molar-refractivity contribution in [2.75, 3.05) is 0 Å². The van der Waals surface area contributed by atoms with E-state index in [1.807, 2.05) is 6.92 Å². The van der Waals surface area contributed by atoms with Gasteiger partial charge in [0, 0.05) is 7.05 Å². The number of carbonyl (C=O) groups is 1. The minimum Gasteiger partial charge on any atom is -0.332 e. The summed E-state index contributed by atoms with van der Waals surface area (Å²) in [6.45, 7) is 4.20. The molecule has 5 heteroatoms. The molecule has 5 nitrogen and oxygen atoms in total. The van der Waals surface area contributed by atoms with Crippen LogP contribution in [0.2, 0.25) is 0 Å². The smallest absolute Gasteiger partial charge is 0.270 e. The van der Waals surface area contributed by atoms with E-state index in [0.717, 1.165) is 37.8 Å². The second-order valence-corrected chi connectivity index (χ2v) is 5.83. The highest BCUT2D eigenvalue weighted by Crippen LogP contribution is 2.31. The van der Waals surface area contributed by atoms with Crippen molar-refractivity contribution in [2.45, 2.75) is 51.5 Å². The van der Waals surface area contributed by atoms with E-state index in [1.54, 1.807) is 17.8 Å². The highest BCUT2D eigenvalue weighted by atomic mass is 16.2. The number of rotatable bonds is 3. The van der Waals surface area contributed by atoms with Crippen molar-refractivity contribution >= 4 is 5.91 Å². The van der Waals surface area contributed by atoms with Gasteiger partial charge in [0.15, 0.2) is 0 Å². The summed E-state index contributed by atoms with van der Waals surface area (Å²) < 4.78 is 1.59. The lowest BCUT2D eigenvalue weighted by Crippen LogP contribution is -2.49. The quantitative estimate of drug-likeness (QED) is 0.918. The lowest BCUT2D eigenvalue weighted by Gasteiger charge is -2.34. The Morgan fingerprint density at radius 3 is 2.75 bits per heavy atom. The summed E-state index contributed by atoms with van der Waals surface area (Å²) in [5, 5.41) is 16.7. The number of carbonyl (C=O) groups excluding carboxylic acids is 1. The monoisotopic (exact) mass is 274 g/mol. The SMILES string of the molecule is CCc1cc(C(=O)NC2(C#N)CCC(C)CC2)n(C)n1. The molecule has 1 saturated carbocycles. The molecule has 1 amide bonds. The minimum absolute atomic E-state index is 0.198. The fourth-order valence-corrected chi connectivity index (χ4v) is 2.71. The molecule has 0 atom stereocenters. The van der Waals surface area contributed by atoms with Crippen molar-refractivity contribution in [1.29, 1.82) is 5.26 Å². The van der Waals surface area contributed by atoms with Gasteiger partial charge in [-0.25, -0.2) is 0 Å². The second-order valence-electron chi connectivity index (χ2n) is 5.83. The fourth-order valence-electron chi connectivity index (χ4n) is 2.71. The predicted molar refractivity (Wildman–Crippen MR) is 76.0 cm³/mol. The summed E-state index contributed by atoms with van der Waals surface area (Å²) in [6.07, 6.45) is 4.23. The number of hydrogen-bond acceptors (Lipinski definition) is 3. The van der Waals surface area contributed by atoms with Crippen LogP contribution < -0.4 is 5.32 Å². The van der Waals surface area contributed by atoms with Gasteiger partial charge >= 0.3 is 0 Å². The van der Waals surface area contributed by atoms with Crippen molar-refractivity contribution in [3.05, 3.63) is 17.5 Å². The molecule has 1 aliphatic rings. The first-order valence-electron chi connectivity index (χ1n) is 7.26. The molecule has 1 N–H and O–H groups in total. The van der Waals surface area contributed by atoms with Gasteiger partial charge in [0.05, 0.1) is 11.8 Å². The van der Waals surface area contributed by atoms with Crippen molar-refractivity contribution in [3.63, 3.8) is 0 Å². The third-order valence-corrected chi connectivity index (χ3v) is 4.22. The summed E-state index contributed by atoms with van der Waals surface area (Å²) >= 11 is 0. The highest BCUT2D eigenvalue weighted by molar-refractivity contribution is 5.93. The molecule has 2 rings (SSSR count). The zero-order valence-electron chi connectivity index (χ0n) is 12.4. The number of nitrogens with one attached hydrogen (secondary N) is 1. The van der Waals surface area contributed by atoms with Crippen LogP contribution in [0.1, 0.15) is 55.7 Å². The maximum Gasteiger partial charge on any atom is 0.270 e. The van der Waals surface area contributed by atoms with Gasteiger partial charge in [-0.2, -0.15) is 10.4 Å². The van der Waals surface area contributed by atoms with Crippen LogP contribution in [0.5, 0.6) is 0 Å². The zero-order valence-corrected chi connectivity index (χ0v) is 12.4. The molecule has 1 aromatic rings. The standard InChI is InChI=1S/C15H22N4O/c1-4-12-9-13(19(3)18-12)14(20)17-15(10-16)7-5-11(2)6-8-15/h9,11H,4-8H2,1-3H3,(H,17,20). The Morgan fingerprint density at radius 1 is 1.60 bits per heavy atom. The van der Waals surface area contributed by atoms with Crippen molar-refractivity contribution in [2.24, 2.45) is 13.0 Å². The Kier molecular flexibility index (Phi) is 4.12. The van der Waals surface area contributed by atoms with Crippen molar-refractivity contribution < 1.29 is 4.79 Å². The van der Waals surface area contributed by atoms with Gasteiger partial charge in [-0.3, -0.25) is 9.48 Å². The first-order chi connectivity index (χ1) is 9.49. The average Bonchev–Trinajstić information content (AvgIpc) is 2.83. The number of nitrogens with zero attached hydrogens (tertiary/aromatic N) is 3. The molecule has 0 bridgehead atoms. The summed E-state index contributed by atoms with van der Waals surface area (Å²) in [6, 6.07) is 4.11. The van der Waals surface area contributed by atoms with Gasteiger partial charge in [-0.15, -0.1) is 0 Å². The molecule has 0 saturated heterocycles. The van der Waals surface area contributed by atoms with Crippen LogP contribution >= 0.6 is 0 Å². The van der Waals surface area contributed by atoms with Gasteiger partial charge in [-0.1, -0.05) is 13.8 Å². The summed E-state index contributed by atoms with van der Waals surface area (Å²) in [4.78, 5) is 12.4. The van der Waals surface area contributed by atoms with Crippen molar-refractivity contribution in [1.82, 2.24) is 15.1 Å². The van der Waals surface area contributed by atoms with E-state index in [-0.39, 0.29) is 5.91 Å². The van der Waals surface area contributed by atoms with E-state index in [9.17, 15) is 10.1 Å². The molecule has 1 aromatic heterocycles. The van der Waals surface area contributed by atoms with Gasteiger partial charge in [-0.05, 0) is 44.1 Å². The van der Waals surface area contributed by atoms with Crippen LogP contribution in [0.25, 0.3) is 0 Å². The lowest BCUT2D eigenvalue weighted by atomic mass is 9.78. The second kappa shape index (κ2) is 5.66. The number of nitriles is 1. The molecule has 108 valence electrons. The van der Waals surface area contributed by atoms with Crippen molar-refractivity contribution in [3.8, 4) is 6.07 Å². The third-order valence-electron chi connectivity index (χ3n) is 4.22. The summed E-state index contributed by atoms with van der Waals surface area (Å²) in [7, 11) is 1.76. The molecular weight excluding hydrogens is 252 g/mol. The van der Waals surface area contributed by atoms with Crippen LogP contribution in [0.15, 0.2) is 6.07 Å². The first-order valence-corrected chi connectivity index (χ1v) is 7.26. The largest absolute Gasteiger partial charge is 0.332 e. The van der Waals surface area contributed by atoms with Gasteiger partial charge < -0.3 is 5.32 Å². The number of amides is 1. The first kappa shape index (κ1) is 14.6. The number of aromatic nitrogens is 2. The highest BCUT2D eigenvalue weighted by Gasteiger charge is 2.36. The lowest BCUT2D eigenvalue weighted by molar-refractivity contribution is 0.0884. The molecule has 0 aliphatic heterocycles. The van der Waals surface area contributed by atoms with E-state index in [1.165, 1.54) is 0 Å². The third kappa shape index (κ3) is 2.84. The fraction of sp³-hybridized carbons (Fsp3) is 0.667. The molecule has 0 aromatic carbocycles. The van der Waals surface area contributed by atoms with E-state index < -0.39 is 5.54 Å². The minimum atomic E-state index is -0.708. The van der Waals surface area contributed by atoms with Gasteiger partial charge in [0.2, 0.25) is 0 Å². The Labute approximate surface area is 120 Å². The average molecular weight is 274 g/mol. The normalized spacial score (nSPS) is 26.0. The van der Waals surface area contributed by atoms with E-state index in [0.29, 0.717) is 11.6 Å². The maximum atomic E-state index is 12.4. The summed E-state index contributed by atoms with van der Waals surface area (Å²) in [5.41, 5.74) is 0.705. The van der Waals surface area contributed by atoms with Gasteiger partial charge in [0.1, 0.15) is 11.2 Å². The molecule has 1 heterocycles. The molecule has 0 unspecified atom stereocenters. The maximum absolute atomic E-state index is 12.4. The Balaban J connectivity index is 2.13. The van der Waals surface area contributed by atoms with Crippen LogP contribution in [-0.4, -0.2) is 21.2 Å². The van der Waals surface area contributed by atoms with Crippen LogP contribution in [0, 0.1) is 17.2 Å². The number of hydrogen-bond donors (Lipinski definition) is 1. The van der Waals surface area contributed by atoms with E-state index in [4.69, 9.17) is 0 Å². The molecule has 0 radical (unpaired) electrons. The van der Waals surface area contributed by atoms with Crippen LogP contribution in [0.4, 0.5) is 0 Å². The zero-order chi connectivity index (χ0) is 14.8. The molecular formula is C15H22N4O. The van der Waals surface area contributed by atoms with E-state index in [2.05, 4.69) is 23.4 Å². The van der Waals surface area contributed by atoms with Crippen LogP contribution in [0.3, 0.4) is 0 Å². The Morgan fingerprint density at radius 2 is 2.25 bits per heavy atom. The van der Waals surface area contributed by atoms with E-state index >= 15 is 0 Å². The Bertz CT molecular complexity index is 533. The molecule has 0 spiro atoms.